The topological polar surface area (TPSA) is 46.6 Å². The monoisotopic (exact) mass is 359 g/mol. The standard InChI is InChI=1S/C22H33NO3/c1-17(2)21(22(25)23-15-7-9-19(23)16-24)10-6-4-5-8-18-11-13-20(26-3)14-12-18/h11-14,16-17,19,21H,4-10,15H2,1-3H3/t19-,21?/m0/s1. The molecule has 0 spiro atoms. The van der Waals surface area contributed by atoms with Crippen molar-refractivity contribution in [2.24, 2.45) is 11.8 Å². The van der Waals surface area contributed by atoms with Gasteiger partial charge in [0.25, 0.3) is 0 Å². The summed E-state index contributed by atoms with van der Waals surface area (Å²) in [6, 6.07) is 8.04. The summed E-state index contributed by atoms with van der Waals surface area (Å²) < 4.78 is 5.18. The lowest BCUT2D eigenvalue weighted by atomic mass is 9.88. The fraction of sp³-hybridized carbons (Fsp3) is 0.636. The normalized spacial score (nSPS) is 18.2. The number of benzene rings is 1. The summed E-state index contributed by atoms with van der Waals surface area (Å²) in [5.41, 5.74) is 1.33. The maximum absolute atomic E-state index is 12.9. The number of aldehydes is 1. The Hall–Kier alpha value is -1.84. The molecular formula is C22H33NO3. The Morgan fingerprint density at radius 2 is 1.96 bits per heavy atom. The molecule has 0 radical (unpaired) electrons. The number of ether oxygens (including phenoxy) is 1. The number of unbranched alkanes of at least 4 members (excludes halogenated alkanes) is 2. The molecule has 2 atom stereocenters. The van der Waals surface area contributed by atoms with Gasteiger partial charge in [0.05, 0.1) is 13.2 Å². The zero-order valence-corrected chi connectivity index (χ0v) is 16.4. The van der Waals surface area contributed by atoms with Crippen LogP contribution in [0.2, 0.25) is 0 Å². The van der Waals surface area contributed by atoms with Gasteiger partial charge in [-0.25, -0.2) is 0 Å². The lowest BCUT2D eigenvalue weighted by Gasteiger charge is -2.28. The van der Waals surface area contributed by atoms with Crippen molar-refractivity contribution >= 4 is 12.2 Å². The molecule has 0 aromatic heterocycles. The molecule has 0 aliphatic carbocycles. The Morgan fingerprint density at radius 3 is 2.58 bits per heavy atom. The number of aryl methyl sites for hydroxylation is 1. The molecule has 1 heterocycles. The third-order valence-electron chi connectivity index (χ3n) is 5.50. The van der Waals surface area contributed by atoms with Gasteiger partial charge in [0.15, 0.2) is 0 Å². The van der Waals surface area contributed by atoms with Crippen LogP contribution in [0.4, 0.5) is 0 Å². The largest absolute Gasteiger partial charge is 0.497 e. The number of carbonyl (C=O) groups excluding carboxylic acids is 2. The Kier molecular flexibility index (Phi) is 8.14. The molecule has 0 saturated carbocycles. The number of hydrogen-bond donors (Lipinski definition) is 0. The molecule has 4 heteroatoms. The molecule has 1 aliphatic heterocycles. The fourth-order valence-corrected chi connectivity index (χ4v) is 3.82. The molecule has 1 amide bonds. The predicted molar refractivity (Wildman–Crippen MR) is 104 cm³/mol. The summed E-state index contributed by atoms with van der Waals surface area (Å²) in [6.07, 6.45) is 8.00. The van der Waals surface area contributed by atoms with Crippen molar-refractivity contribution in [3.63, 3.8) is 0 Å². The second-order valence-electron chi connectivity index (χ2n) is 7.68. The first kappa shape index (κ1) is 20.5. The highest BCUT2D eigenvalue weighted by Crippen LogP contribution is 2.26. The van der Waals surface area contributed by atoms with E-state index in [1.165, 1.54) is 5.56 Å². The number of hydrogen-bond acceptors (Lipinski definition) is 3. The minimum Gasteiger partial charge on any atom is -0.497 e. The summed E-state index contributed by atoms with van der Waals surface area (Å²) in [6.45, 7) is 4.97. The van der Waals surface area contributed by atoms with Crippen LogP contribution in [0.3, 0.4) is 0 Å². The second kappa shape index (κ2) is 10.3. The number of carbonyl (C=O) groups is 2. The number of nitrogens with zero attached hydrogens (tertiary/aromatic N) is 1. The molecule has 26 heavy (non-hydrogen) atoms. The lowest BCUT2D eigenvalue weighted by molar-refractivity contribution is -0.140. The molecule has 0 N–H and O–H groups in total. The van der Waals surface area contributed by atoms with Crippen molar-refractivity contribution < 1.29 is 14.3 Å². The van der Waals surface area contributed by atoms with Gasteiger partial charge in [-0.05, 0) is 55.7 Å². The average Bonchev–Trinajstić information content (AvgIpc) is 3.13. The van der Waals surface area contributed by atoms with E-state index >= 15 is 0 Å². The molecule has 1 fully saturated rings. The number of amides is 1. The van der Waals surface area contributed by atoms with Gasteiger partial charge in [0.2, 0.25) is 5.91 Å². The summed E-state index contributed by atoms with van der Waals surface area (Å²) in [5, 5.41) is 0. The summed E-state index contributed by atoms with van der Waals surface area (Å²) >= 11 is 0. The first-order valence-electron chi connectivity index (χ1n) is 9.95. The SMILES string of the molecule is COc1ccc(CCCCCC(C(=O)N2CCC[C@H]2C=O)C(C)C)cc1. The maximum Gasteiger partial charge on any atom is 0.226 e. The van der Waals surface area contributed by atoms with Gasteiger partial charge < -0.3 is 14.4 Å². The van der Waals surface area contributed by atoms with Gasteiger partial charge in [-0.1, -0.05) is 38.8 Å². The zero-order valence-electron chi connectivity index (χ0n) is 16.4. The van der Waals surface area contributed by atoms with Crippen LogP contribution in [-0.2, 0) is 16.0 Å². The highest BCUT2D eigenvalue weighted by atomic mass is 16.5. The van der Waals surface area contributed by atoms with Crippen LogP contribution < -0.4 is 4.74 Å². The molecule has 1 saturated heterocycles. The fourth-order valence-electron chi connectivity index (χ4n) is 3.82. The van der Waals surface area contributed by atoms with Crippen LogP contribution in [-0.4, -0.2) is 36.8 Å². The van der Waals surface area contributed by atoms with Gasteiger partial charge in [0.1, 0.15) is 12.0 Å². The number of rotatable bonds is 10. The van der Waals surface area contributed by atoms with E-state index in [9.17, 15) is 9.59 Å². The van der Waals surface area contributed by atoms with Crippen LogP contribution in [0.15, 0.2) is 24.3 Å². The van der Waals surface area contributed by atoms with E-state index in [1.54, 1.807) is 7.11 Å². The lowest BCUT2D eigenvalue weighted by Crippen LogP contribution is -2.41. The second-order valence-corrected chi connectivity index (χ2v) is 7.68. The van der Waals surface area contributed by atoms with Gasteiger partial charge in [0, 0.05) is 12.5 Å². The minimum absolute atomic E-state index is 0.0385. The van der Waals surface area contributed by atoms with Crippen molar-refractivity contribution in [2.45, 2.75) is 64.8 Å². The molecule has 1 aromatic rings. The molecule has 1 aliphatic rings. The molecule has 4 nitrogen and oxygen atoms in total. The first-order valence-corrected chi connectivity index (χ1v) is 9.95. The van der Waals surface area contributed by atoms with E-state index in [0.717, 1.165) is 63.5 Å². The van der Waals surface area contributed by atoms with E-state index < -0.39 is 0 Å². The highest BCUT2D eigenvalue weighted by molar-refractivity contribution is 5.82. The predicted octanol–water partition coefficient (Wildman–Crippen LogP) is 4.26. The van der Waals surface area contributed by atoms with Crippen molar-refractivity contribution in [3.05, 3.63) is 29.8 Å². The Balaban J connectivity index is 1.75. The first-order chi connectivity index (χ1) is 12.6. The molecule has 144 valence electrons. The summed E-state index contributed by atoms with van der Waals surface area (Å²) in [7, 11) is 1.68. The molecule has 0 bridgehead atoms. The Bertz CT molecular complexity index is 567. The molecule has 1 unspecified atom stereocenters. The van der Waals surface area contributed by atoms with Crippen LogP contribution in [0.25, 0.3) is 0 Å². The van der Waals surface area contributed by atoms with E-state index in [4.69, 9.17) is 4.74 Å². The molecule has 2 rings (SSSR count). The van der Waals surface area contributed by atoms with Crippen LogP contribution in [0, 0.1) is 11.8 Å². The van der Waals surface area contributed by atoms with Crippen LogP contribution in [0.5, 0.6) is 5.75 Å². The van der Waals surface area contributed by atoms with Crippen molar-refractivity contribution in [3.8, 4) is 5.75 Å². The van der Waals surface area contributed by atoms with Gasteiger partial charge >= 0.3 is 0 Å². The van der Waals surface area contributed by atoms with Gasteiger partial charge in [-0.2, -0.15) is 0 Å². The number of likely N-dealkylation sites (tertiary alicyclic amines) is 1. The van der Waals surface area contributed by atoms with Crippen molar-refractivity contribution in [1.29, 1.82) is 0 Å². The Labute approximate surface area is 157 Å². The summed E-state index contributed by atoms with van der Waals surface area (Å²) in [5.74, 6) is 1.43. The smallest absolute Gasteiger partial charge is 0.226 e. The third-order valence-corrected chi connectivity index (χ3v) is 5.50. The highest BCUT2D eigenvalue weighted by Gasteiger charge is 2.33. The van der Waals surface area contributed by atoms with Crippen molar-refractivity contribution in [2.75, 3.05) is 13.7 Å². The van der Waals surface area contributed by atoms with Gasteiger partial charge in [-0.3, -0.25) is 4.79 Å². The molecule has 1 aromatic carbocycles. The van der Waals surface area contributed by atoms with E-state index in [2.05, 4.69) is 26.0 Å². The Morgan fingerprint density at radius 1 is 1.23 bits per heavy atom. The minimum atomic E-state index is -0.196. The van der Waals surface area contributed by atoms with Crippen LogP contribution in [0.1, 0.15) is 57.9 Å². The molecular weight excluding hydrogens is 326 g/mol. The summed E-state index contributed by atoms with van der Waals surface area (Å²) in [4.78, 5) is 25.9. The van der Waals surface area contributed by atoms with E-state index in [0.29, 0.717) is 5.92 Å². The van der Waals surface area contributed by atoms with Gasteiger partial charge in [-0.15, -0.1) is 0 Å². The van der Waals surface area contributed by atoms with E-state index in [1.807, 2.05) is 17.0 Å². The van der Waals surface area contributed by atoms with E-state index in [-0.39, 0.29) is 17.9 Å². The maximum atomic E-state index is 12.9. The zero-order chi connectivity index (χ0) is 18.9. The number of methoxy groups -OCH3 is 1. The third kappa shape index (κ3) is 5.58. The van der Waals surface area contributed by atoms with Crippen LogP contribution >= 0.6 is 0 Å². The quantitative estimate of drug-likeness (QED) is 0.463. The average molecular weight is 360 g/mol. The van der Waals surface area contributed by atoms with Crippen molar-refractivity contribution in [1.82, 2.24) is 4.90 Å².